The van der Waals surface area contributed by atoms with Gasteiger partial charge in [-0.25, -0.2) is 8.78 Å². The highest BCUT2D eigenvalue weighted by atomic mass is 19.1. The molecule has 3 nitrogen and oxygen atoms in total. The van der Waals surface area contributed by atoms with E-state index in [1.165, 1.54) is 18.9 Å². The summed E-state index contributed by atoms with van der Waals surface area (Å²) < 4.78 is 28.1. The summed E-state index contributed by atoms with van der Waals surface area (Å²) in [5.41, 5.74) is 0.427. The molecule has 1 saturated carbocycles. The van der Waals surface area contributed by atoms with Crippen LogP contribution in [0.3, 0.4) is 0 Å². The van der Waals surface area contributed by atoms with Crippen molar-refractivity contribution >= 4 is 11.6 Å². The Balaban J connectivity index is 2.38. The van der Waals surface area contributed by atoms with Crippen molar-refractivity contribution in [2.24, 2.45) is 4.99 Å². The zero-order valence-electron chi connectivity index (χ0n) is 18.6. The molecular formula is C24H40F2N2O. The normalized spacial score (nSPS) is 20.9. The van der Waals surface area contributed by atoms with Crippen LogP contribution < -0.4 is 5.32 Å². The number of carbonyl (C=O) groups is 1. The summed E-state index contributed by atoms with van der Waals surface area (Å²) in [4.78, 5) is 16.5. The van der Waals surface area contributed by atoms with Crippen molar-refractivity contribution in [1.82, 2.24) is 5.32 Å². The number of halogens is 2. The van der Waals surface area contributed by atoms with Crippen LogP contribution in [0.4, 0.5) is 8.78 Å². The van der Waals surface area contributed by atoms with Crippen LogP contribution in [-0.4, -0.2) is 23.7 Å². The first kappa shape index (κ1) is 25.5. The quantitative estimate of drug-likeness (QED) is 0.185. The van der Waals surface area contributed by atoms with Gasteiger partial charge in [0.15, 0.2) is 5.83 Å². The number of unbranched alkanes of at least 4 members (excludes halogenated alkanes) is 8. The van der Waals surface area contributed by atoms with Crippen LogP contribution in [0.5, 0.6) is 0 Å². The fourth-order valence-electron chi connectivity index (χ4n) is 3.64. The number of allylic oxidation sites excluding steroid dienone is 3. The second-order valence-corrected chi connectivity index (χ2v) is 8.15. The van der Waals surface area contributed by atoms with Crippen molar-refractivity contribution in [1.29, 1.82) is 0 Å². The standard InChI is InChI=1S/C24H40F2N2O/c1-4-6-8-10-12-14-22(25)19(3)27-20-16-17-21(18-20)28-24(29)23(26)15-13-11-9-7-5-2/h14-15,20-21H,4-13,16-18H2,1-3H3,(H,28,29)/b22-14+,23-15?,27-19?. The predicted octanol–water partition coefficient (Wildman–Crippen LogP) is 7.13. The molecule has 2 atom stereocenters. The van der Waals surface area contributed by atoms with Crippen LogP contribution in [0, 0.1) is 0 Å². The van der Waals surface area contributed by atoms with Gasteiger partial charge >= 0.3 is 0 Å². The first-order chi connectivity index (χ1) is 14.0. The van der Waals surface area contributed by atoms with Gasteiger partial charge < -0.3 is 5.32 Å². The molecule has 0 spiro atoms. The predicted molar refractivity (Wildman–Crippen MR) is 119 cm³/mol. The molecule has 1 aliphatic carbocycles. The maximum Gasteiger partial charge on any atom is 0.279 e. The van der Waals surface area contributed by atoms with E-state index in [1.807, 2.05) is 0 Å². The third-order valence-electron chi connectivity index (χ3n) is 5.44. The number of nitrogens with one attached hydrogen (secondary N) is 1. The van der Waals surface area contributed by atoms with E-state index in [-0.39, 0.29) is 17.9 Å². The number of nitrogens with zero attached hydrogens (tertiary/aromatic N) is 1. The van der Waals surface area contributed by atoms with E-state index in [2.05, 4.69) is 24.2 Å². The maximum absolute atomic E-state index is 14.2. The van der Waals surface area contributed by atoms with Crippen LogP contribution in [0.1, 0.15) is 104 Å². The molecule has 0 aromatic heterocycles. The van der Waals surface area contributed by atoms with Gasteiger partial charge in [-0.05, 0) is 64.0 Å². The summed E-state index contributed by atoms with van der Waals surface area (Å²) in [5, 5.41) is 2.76. The lowest BCUT2D eigenvalue weighted by Crippen LogP contribution is -2.33. The number of aliphatic imine (C=N–C) groups is 1. The zero-order valence-corrected chi connectivity index (χ0v) is 18.6. The van der Waals surface area contributed by atoms with E-state index in [4.69, 9.17) is 0 Å². The molecule has 0 heterocycles. The van der Waals surface area contributed by atoms with Gasteiger partial charge in [0, 0.05) is 6.04 Å². The number of rotatable bonds is 14. The van der Waals surface area contributed by atoms with Crippen molar-refractivity contribution in [3.8, 4) is 0 Å². The molecule has 1 N–H and O–H groups in total. The maximum atomic E-state index is 14.2. The summed E-state index contributed by atoms with van der Waals surface area (Å²) in [6, 6.07) is -0.106. The van der Waals surface area contributed by atoms with E-state index in [0.29, 0.717) is 18.6 Å². The van der Waals surface area contributed by atoms with E-state index < -0.39 is 11.7 Å². The van der Waals surface area contributed by atoms with Crippen LogP contribution in [0.2, 0.25) is 0 Å². The lowest BCUT2D eigenvalue weighted by Gasteiger charge is -2.11. The van der Waals surface area contributed by atoms with Gasteiger partial charge in [0.2, 0.25) is 0 Å². The van der Waals surface area contributed by atoms with Gasteiger partial charge in [-0.3, -0.25) is 9.79 Å². The average Bonchev–Trinajstić information content (AvgIpc) is 3.13. The van der Waals surface area contributed by atoms with Gasteiger partial charge in [-0.2, -0.15) is 0 Å². The second-order valence-electron chi connectivity index (χ2n) is 8.15. The van der Waals surface area contributed by atoms with Gasteiger partial charge in [0.1, 0.15) is 5.83 Å². The van der Waals surface area contributed by atoms with Crippen LogP contribution >= 0.6 is 0 Å². The Morgan fingerprint density at radius 2 is 1.52 bits per heavy atom. The Morgan fingerprint density at radius 3 is 2.10 bits per heavy atom. The molecule has 0 radical (unpaired) electrons. The number of hydrogen-bond donors (Lipinski definition) is 1. The molecule has 0 aromatic carbocycles. The highest BCUT2D eigenvalue weighted by Gasteiger charge is 2.26. The molecule has 1 rings (SSSR count). The summed E-state index contributed by atoms with van der Waals surface area (Å²) in [7, 11) is 0. The molecule has 1 aliphatic rings. The summed E-state index contributed by atoms with van der Waals surface area (Å²) in [6.07, 6.45) is 15.3. The first-order valence-electron chi connectivity index (χ1n) is 11.5. The Morgan fingerprint density at radius 1 is 0.931 bits per heavy atom. The van der Waals surface area contributed by atoms with E-state index in [9.17, 15) is 13.6 Å². The molecule has 0 aliphatic heterocycles. The lowest BCUT2D eigenvalue weighted by molar-refractivity contribution is -0.119. The van der Waals surface area contributed by atoms with Crippen molar-refractivity contribution in [2.45, 2.75) is 116 Å². The van der Waals surface area contributed by atoms with Crippen LogP contribution in [-0.2, 0) is 4.79 Å². The fraction of sp³-hybridized carbons (Fsp3) is 0.750. The minimum absolute atomic E-state index is 0.0133. The molecule has 0 bridgehead atoms. The minimum atomic E-state index is -0.693. The van der Waals surface area contributed by atoms with E-state index >= 15 is 0 Å². The molecule has 0 saturated heterocycles. The van der Waals surface area contributed by atoms with Gasteiger partial charge in [-0.15, -0.1) is 0 Å². The van der Waals surface area contributed by atoms with Gasteiger partial charge in [-0.1, -0.05) is 52.4 Å². The largest absolute Gasteiger partial charge is 0.347 e. The van der Waals surface area contributed by atoms with Crippen molar-refractivity contribution in [2.75, 3.05) is 0 Å². The number of hydrogen-bond acceptors (Lipinski definition) is 2. The third kappa shape index (κ3) is 11.3. The molecule has 2 unspecified atom stereocenters. The van der Waals surface area contributed by atoms with Gasteiger partial charge in [0.05, 0.1) is 11.8 Å². The Labute approximate surface area is 176 Å². The molecule has 0 aromatic rings. The SMILES string of the molecule is CCCCCCC=C(F)C(=O)NC1CCC(N=C(C)/C(F)=C\CCCCCC)C1. The second kappa shape index (κ2) is 15.3. The topological polar surface area (TPSA) is 41.5 Å². The van der Waals surface area contributed by atoms with E-state index in [0.717, 1.165) is 57.8 Å². The lowest BCUT2D eigenvalue weighted by atomic mass is 10.1. The van der Waals surface area contributed by atoms with Gasteiger partial charge in [0.25, 0.3) is 5.91 Å². The van der Waals surface area contributed by atoms with Crippen molar-refractivity contribution in [3.05, 3.63) is 23.8 Å². The van der Waals surface area contributed by atoms with Crippen molar-refractivity contribution < 1.29 is 13.6 Å². The van der Waals surface area contributed by atoms with E-state index in [1.54, 1.807) is 13.0 Å². The molecule has 1 fully saturated rings. The van der Waals surface area contributed by atoms with Crippen LogP contribution in [0.25, 0.3) is 0 Å². The molecule has 166 valence electrons. The minimum Gasteiger partial charge on any atom is -0.347 e. The number of amides is 1. The molecular weight excluding hydrogens is 370 g/mol. The first-order valence-corrected chi connectivity index (χ1v) is 11.5. The fourth-order valence-corrected chi connectivity index (χ4v) is 3.64. The Bertz CT molecular complexity index is 569. The average molecular weight is 411 g/mol. The smallest absolute Gasteiger partial charge is 0.279 e. The highest BCUT2D eigenvalue weighted by molar-refractivity contribution is 5.96. The summed E-state index contributed by atoms with van der Waals surface area (Å²) in [5.74, 6) is -1.57. The molecule has 5 heteroatoms. The number of carbonyl (C=O) groups excluding carboxylic acids is 1. The third-order valence-corrected chi connectivity index (χ3v) is 5.44. The molecule has 1 amide bonds. The highest BCUT2D eigenvalue weighted by Crippen LogP contribution is 2.24. The van der Waals surface area contributed by atoms with Crippen LogP contribution in [0.15, 0.2) is 28.8 Å². The summed E-state index contributed by atoms with van der Waals surface area (Å²) >= 11 is 0. The zero-order chi connectivity index (χ0) is 21.5. The Hall–Kier alpha value is -1.52. The van der Waals surface area contributed by atoms with Crippen molar-refractivity contribution in [3.63, 3.8) is 0 Å². The monoisotopic (exact) mass is 410 g/mol. The molecule has 29 heavy (non-hydrogen) atoms. The summed E-state index contributed by atoms with van der Waals surface area (Å²) in [6.45, 7) is 5.98. The Kier molecular flexibility index (Phi) is 13.5.